The van der Waals surface area contributed by atoms with E-state index in [0.29, 0.717) is 5.75 Å². The number of nitrogens with two attached hydrogens (primary N) is 1. The molecule has 2 rings (SSSR count). The molecule has 0 bridgehead atoms. The number of ether oxygens (including phenoxy) is 2. The van der Waals surface area contributed by atoms with Crippen molar-refractivity contribution in [3.05, 3.63) is 23.8 Å². The molecular weight excluding hydrogens is 312 g/mol. The third-order valence-corrected chi connectivity index (χ3v) is 4.70. The number of hydrogen-bond donors (Lipinski definition) is 1. The van der Waals surface area contributed by atoms with E-state index in [2.05, 4.69) is 4.74 Å². The van der Waals surface area contributed by atoms with Crippen molar-refractivity contribution in [3.8, 4) is 5.75 Å². The molecule has 9 heteroatoms. The summed E-state index contributed by atoms with van der Waals surface area (Å²) in [5, 5.41) is 4.10. The highest BCUT2D eigenvalue weighted by Gasteiger charge is 2.38. The van der Waals surface area contributed by atoms with Crippen molar-refractivity contribution >= 4 is 27.6 Å². The van der Waals surface area contributed by atoms with Crippen LogP contribution in [0.25, 0.3) is 0 Å². The Kier molecular flexibility index (Phi) is 4.38. The number of primary sulfonamides is 1. The molecule has 22 heavy (non-hydrogen) atoms. The van der Waals surface area contributed by atoms with Crippen molar-refractivity contribution in [2.75, 3.05) is 25.7 Å². The van der Waals surface area contributed by atoms with Gasteiger partial charge in [-0.25, -0.2) is 18.4 Å². The van der Waals surface area contributed by atoms with E-state index in [4.69, 9.17) is 9.88 Å². The lowest BCUT2D eigenvalue weighted by Crippen LogP contribution is -2.32. The Bertz CT molecular complexity index is 715. The highest BCUT2D eigenvalue weighted by molar-refractivity contribution is 7.89. The van der Waals surface area contributed by atoms with Gasteiger partial charge in [-0.05, 0) is 12.1 Å². The number of nitrogens with zero attached hydrogens (tertiary/aromatic N) is 1. The number of benzene rings is 1. The van der Waals surface area contributed by atoms with Gasteiger partial charge in [-0.1, -0.05) is 0 Å². The van der Waals surface area contributed by atoms with E-state index in [1.165, 1.54) is 31.3 Å². The topological polar surface area (TPSA) is 116 Å². The molecule has 1 saturated heterocycles. The second kappa shape index (κ2) is 5.93. The third-order valence-electron chi connectivity index (χ3n) is 3.46. The van der Waals surface area contributed by atoms with Crippen LogP contribution >= 0.6 is 0 Å². The zero-order chi connectivity index (χ0) is 16.5. The molecule has 0 aliphatic carbocycles. The number of hydrogen-bond acceptors (Lipinski definition) is 6. The minimum atomic E-state index is -3.84. The van der Waals surface area contributed by atoms with Crippen LogP contribution in [-0.2, 0) is 19.6 Å². The Morgan fingerprint density at radius 1 is 1.36 bits per heavy atom. The predicted molar refractivity (Wildman–Crippen MR) is 78.2 cm³/mol. The Morgan fingerprint density at radius 3 is 2.55 bits per heavy atom. The lowest BCUT2D eigenvalue weighted by atomic mass is 10.1. The van der Waals surface area contributed by atoms with Gasteiger partial charge in [0.2, 0.25) is 15.9 Å². The number of carbonyl (C=O) groups excluding carboxylic acids is 2. The molecule has 0 aromatic heterocycles. The number of sulfonamides is 1. The number of methoxy groups -OCH3 is 2. The van der Waals surface area contributed by atoms with E-state index in [1.54, 1.807) is 6.07 Å². The number of rotatable bonds is 4. The van der Waals surface area contributed by atoms with Crippen LogP contribution in [0.2, 0.25) is 0 Å². The second-order valence-corrected chi connectivity index (χ2v) is 6.64. The summed E-state index contributed by atoms with van der Waals surface area (Å²) in [6.45, 7) is -0.116. The first-order valence-electron chi connectivity index (χ1n) is 6.36. The lowest BCUT2D eigenvalue weighted by Gasteiger charge is -2.20. The summed E-state index contributed by atoms with van der Waals surface area (Å²) in [4.78, 5) is 25.2. The average molecular weight is 328 g/mol. The number of carbonyl (C=O) groups is 2. The van der Waals surface area contributed by atoms with Crippen LogP contribution in [0.3, 0.4) is 0 Å². The lowest BCUT2D eigenvalue weighted by molar-refractivity contribution is -0.117. The molecule has 1 heterocycles. The fourth-order valence-electron chi connectivity index (χ4n) is 2.27. The molecule has 2 N–H and O–H groups in total. The van der Waals surface area contributed by atoms with Crippen LogP contribution in [0.15, 0.2) is 18.2 Å². The monoisotopic (exact) mass is 328 g/mol. The number of esters is 1. The van der Waals surface area contributed by atoms with Gasteiger partial charge in [0.1, 0.15) is 11.0 Å². The Labute approximate surface area is 127 Å². The standard InChI is InChI=1S/C13H16N2O6S/c1-20-8-3-4-10(13(17)21-2)11(5-8)15-7-9(6-12(15)16)22(14,18)19/h3-5,9H,6-7H2,1-2H3,(H2,14,18,19). The zero-order valence-electron chi connectivity index (χ0n) is 12.1. The quantitative estimate of drug-likeness (QED) is 0.770. The summed E-state index contributed by atoms with van der Waals surface area (Å²) >= 11 is 0. The van der Waals surface area contributed by atoms with Gasteiger partial charge < -0.3 is 14.4 Å². The Hall–Kier alpha value is -2.13. The molecule has 0 radical (unpaired) electrons. The van der Waals surface area contributed by atoms with E-state index in [0.717, 1.165) is 0 Å². The molecule has 1 atom stereocenters. The summed E-state index contributed by atoms with van der Waals surface area (Å²) in [5.74, 6) is -0.642. The maximum absolute atomic E-state index is 12.1. The van der Waals surface area contributed by atoms with Crippen LogP contribution in [0, 0.1) is 0 Å². The highest BCUT2D eigenvalue weighted by Crippen LogP contribution is 2.31. The first kappa shape index (κ1) is 16.2. The molecule has 0 spiro atoms. The van der Waals surface area contributed by atoms with Gasteiger partial charge in [0.05, 0.1) is 25.5 Å². The van der Waals surface area contributed by atoms with E-state index in [9.17, 15) is 18.0 Å². The summed E-state index contributed by atoms with van der Waals surface area (Å²) in [7, 11) is -1.18. The van der Waals surface area contributed by atoms with Crippen molar-refractivity contribution in [1.29, 1.82) is 0 Å². The molecule has 1 aromatic carbocycles. The first-order valence-corrected chi connectivity index (χ1v) is 7.97. The summed E-state index contributed by atoms with van der Waals surface area (Å²) in [6.07, 6.45) is -0.226. The number of anilines is 1. The molecule has 120 valence electrons. The predicted octanol–water partition coefficient (Wildman–Crippen LogP) is -0.124. The van der Waals surface area contributed by atoms with E-state index >= 15 is 0 Å². The largest absolute Gasteiger partial charge is 0.497 e. The maximum Gasteiger partial charge on any atom is 0.339 e. The molecule has 8 nitrogen and oxygen atoms in total. The van der Waals surface area contributed by atoms with Crippen molar-refractivity contribution in [2.24, 2.45) is 5.14 Å². The van der Waals surface area contributed by atoms with E-state index in [-0.39, 0.29) is 24.2 Å². The van der Waals surface area contributed by atoms with E-state index in [1.807, 2.05) is 0 Å². The van der Waals surface area contributed by atoms with Crippen molar-refractivity contribution < 1.29 is 27.5 Å². The van der Waals surface area contributed by atoms with Crippen LogP contribution in [0.1, 0.15) is 16.8 Å². The normalized spacial score (nSPS) is 18.4. The minimum Gasteiger partial charge on any atom is -0.497 e. The minimum absolute atomic E-state index is 0.116. The fraction of sp³-hybridized carbons (Fsp3) is 0.385. The summed E-state index contributed by atoms with van der Waals surface area (Å²) in [6, 6.07) is 4.49. The Balaban J connectivity index is 2.47. The number of amides is 1. The zero-order valence-corrected chi connectivity index (χ0v) is 12.9. The first-order chi connectivity index (χ1) is 10.3. The molecule has 1 unspecified atom stereocenters. The van der Waals surface area contributed by atoms with Crippen LogP contribution in [0.4, 0.5) is 5.69 Å². The van der Waals surface area contributed by atoms with Gasteiger partial charge in [0.25, 0.3) is 0 Å². The van der Waals surface area contributed by atoms with Crippen molar-refractivity contribution in [3.63, 3.8) is 0 Å². The van der Waals surface area contributed by atoms with Gasteiger partial charge in [-0.3, -0.25) is 4.79 Å². The molecule has 1 amide bonds. The molecule has 0 saturated carbocycles. The molecule has 1 fully saturated rings. The van der Waals surface area contributed by atoms with E-state index < -0.39 is 27.1 Å². The smallest absolute Gasteiger partial charge is 0.339 e. The maximum atomic E-state index is 12.1. The van der Waals surface area contributed by atoms with Crippen LogP contribution in [-0.4, -0.2) is 46.3 Å². The molecule has 1 aliphatic rings. The summed E-state index contributed by atoms with van der Waals surface area (Å²) < 4.78 is 32.6. The van der Waals surface area contributed by atoms with Gasteiger partial charge in [0, 0.05) is 19.0 Å². The molecular formula is C13H16N2O6S. The summed E-state index contributed by atoms with van der Waals surface area (Å²) in [5.41, 5.74) is 0.383. The SMILES string of the molecule is COC(=O)c1ccc(OC)cc1N1CC(S(N)(=O)=O)CC1=O. The van der Waals surface area contributed by atoms with Crippen molar-refractivity contribution in [1.82, 2.24) is 0 Å². The second-order valence-electron chi connectivity index (χ2n) is 4.79. The average Bonchev–Trinajstić information content (AvgIpc) is 2.87. The fourth-order valence-corrected chi connectivity index (χ4v) is 3.00. The van der Waals surface area contributed by atoms with Crippen LogP contribution < -0.4 is 14.8 Å². The molecule has 1 aliphatic heterocycles. The molecule has 1 aromatic rings. The van der Waals surface area contributed by atoms with Crippen molar-refractivity contribution in [2.45, 2.75) is 11.7 Å². The van der Waals surface area contributed by atoms with Gasteiger partial charge >= 0.3 is 5.97 Å². The third kappa shape index (κ3) is 3.04. The highest BCUT2D eigenvalue weighted by atomic mass is 32.2. The van der Waals surface area contributed by atoms with Gasteiger partial charge in [-0.15, -0.1) is 0 Å². The van der Waals surface area contributed by atoms with Gasteiger partial charge in [-0.2, -0.15) is 0 Å². The van der Waals surface area contributed by atoms with Crippen LogP contribution in [0.5, 0.6) is 5.75 Å². The Morgan fingerprint density at radius 2 is 2.05 bits per heavy atom. The van der Waals surface area contributed by atoms with Gasteiger partial charge in [0.15, 0.2) is 0 Å².